The Balaban J connectivity index is 1.61. The molecule has 0 N–H and O–H groups in total. The topological polar surface area (TPSA) is 47.1 Å². The summed E-state index contributed by atoms with van der Waals surface area (Å²) in [6.07, 6.45) is 6.25. The first-order chi connectivity index (χ1) is 9.29. The van der Waals surface area contributed by atoms with Crippen molar-refractivity contribution in [2.24, 2.45) is 5.92 Å². The van der Waals surface area contributed by atoms with E-state index in [4.69, 9.17) is 4.42 Å². The van der Waals surface area contributed by atoms with Crippen molar-refractivity contribution in [3.05, 3.63) is 23.0 Å². The molecule has 5 heterocycles. The van der Waals surface area contributed by atoms with Gasteiger partial charge in [-0.1, -0.05) is 5.21 Å². The zero-order chi connectivity index (χ0) is 12.8. The summed E-state index contributed by atoms with van der Waals surface area (Å²) in [5, 5.41) is 8.55. The van der Waals surface area contributed by atoms with Gasteiger partial charge in [0.2, 0.25) is 0 Å². The Hall–Kier alpha value is -1.14. The first-order valence-electron chi connectivity index (χ1n) is 6.68. The molecule has 1 atom stereocenters. The standard InChI is InChI=1S/C13H15BrN4O/c14-10-5-13(19-8-10)11-6-18(16-15-11)12-7-17-3-1-9(12)2-4-17/h5-6,8-9,12H,1-4,7H2. The monoisotopic (exact) mass is 322 g/mol. The highest BCUT2D eigenvalue weighted by Crippen LogP contribution is 2.35. The van der Waals surface area contributed by atoms with Crippen molar-refractivity contribution >= 4 is 15.9 Å². The van der Waals surface area contributed by atoms with Crippen LogP contribution in [0.15, 0.2) is 27.4 Å². The Kier molecular flexibility index (Phi) is 2.73. The molecule has 5 rings (SSSR count). The minimum absolute atomic E-state index is 0.474. The summed E-state index contributed by atoms with van der Waals surface area (Å²) in [7, 11) is 0. The van der Waals surface area contributed by atoms with Crippen LogP contribution >= 0.6 is 15.9 Å². The summed E-state index contributed by atoms with van der Waals surface area (Å²) in [6.45, 7) is 3.59. The molecule has 0 aromatic carbocycles. The van der Waals surface area contributed by atoms with Crippen molar-refractivity contribution in [3.63, 3.8) is 0 Å². The van der Waals surface area contributed by atoms with E-state index in [1.54, 1.807) is 6.26 Å². The first-order valence-corrected chi connectivity index (χ1v) is 7.47. The molecule has 1 unspecified atom stereocenters. The Morgan fingerprint density at radius 3 is 2.79 bits per heavy atom. The Bertz CT molecular complexity index is 585. The Morgan fingerprint density at radius 1 is 1.32 bits per heavy atom. The van der Waals surface area contributed by atoms with Crippen LogP contribution in [-0.2, 0) is 0 Å². The van der Waals surface area contributed by atoms with Gasteiger partial charge in [0.05, 0.1) is 16.7 Å². The van der Waals surface area contributed by atoms with Crippen LogP contribution in [0.1, 0.15) is 18.9 Å². The molecule has 0 radical (unpaired) electrons. The summed E-state index contributed by atoms with van der Waals surface area (Å²) in [6, 6.07) is 2.40. The third-order valence-electron chi connectivity index (χ3n) is 4.29. The maximum absolute atomic E-state index is 5.44. The molecule has 5 nitrogen and oxygen atoms in total. The summed E-state index contributed by atoms with van der Waals surface area (Å²) < 4.78 is 8.40. The quantitative estimate of drug-likeness (QED) is 0.852. The Labute approximate surface area is 119 Å². The van der Waals surface area contributed by atoms with Crippen molar-refractivity contribution in [1.82, 2.24) is 19.9 Å². The van der Waals surface area contributed by atoms with Gasteiger partial charge < -0.3 is 9.32 Å². The third kappa shape index (κ3) is 2.03. The van der Waals surface area contributed by atoms with Gasteiger partial charge in [-0.3, -0.25) is 0 Å². The molecule has 3 saturated heterocycles. The molecule has 0 aliphatic carbocycles. The maximum Gasteiger partial charge on any atom is 0.156 e. The van der Waals surface area contributed by atoms with E-state index in [1.807, 2.05) is 16.9 Å². The van der Waals surface area contributed by atoms with Crippen molar-refractivity contribution in [1.29, 1.82) is 0 Å². The summed E-state index contributed by atoms with van der Waals surface area (Å²) in [5.41, 5.74) is 0.808. The molecular weight excluding hydrogens is 308 g/mol. The van der Waals surface area contributed by atoms with E-state index in [1.165, 1.54) is 25.9 Å². The predicted octanol–water partition coefficient (Wildman–Crippen LogP) is 2.57. The lowest BCUT2D eigenvalue weighted by Crippen LogP contribution is -2.48. The van der Waals surface area contributed by atoms with Crippen LogP contribution in [0, 0.1) is 5.92 Å². The predicted molar refractivity (Wildman–Crippen MR) is 73.6 cm³/mol. The second-order valence-electron chi connectivity index (χ2n) is 5.42. The molecule has 2 aromatic rings. The van der Waals surface area contributed by atoms with Crippen LogP contribution in [-0.4, -0.2) is 39.5 Å². The number of nitrogens with zero attached hydrogens (tertiary/aromatic N) is 4. The molecule has 2 aromatic heterocycles. The SMILES string of the molecule is Brc1coc(-c2cn(C3CN4CCC3CC4)nn2)c1. The number of aromatic nitrogens is 3. The van der Waals surface area contributed by atoms with Gasteiger partial charge in [-0.15, -0.1) is 5.10 Å². The van der Waals surface area contributed by atoms with E-state index >= 15 is 0 Å². The molecule has 2 bridgehead atoms. The summed E-state index contributed by atoms with van der Waals surface area (Å²) >= 11 is 3.38. The van der Waals surface area contributed by atoms with E-state index in [-0.39, 0.29) is 0 Å². The second kappa shape index (κ2) is 4.45. The molecular formula is C13H15BrN4O. The number of fused-ring (bicyclic) bond motifs is 3. The lowest BCUT2D eigenvalue weighted by atomic mass is 9.84. The van der Waals surface area contributed by atoms with E-state index in [0.29, 0.717) is 6.04 Å². The van der Waals surface area contributed by atoms with E-state index in [0.717, 1.165) is 28.4 Å². The molecule has 0 amide bonds. The minimum atomic E-state index is 0.474. The lowest BCUT2D eigenvalue weighted by Gasteiger charge is -2.44. The van der Waals surface area contributed by atoms with Crippen LogP contribution in [0.5, 0.6) is 0 Å². The summed E-state index contributed by atoms with van der Waals surface area (Å²) in [4.78, 5) is 2.52. The molecule has 3 fully saturated rings. The molecule has 6 heteroatoms. The van der Waals surface area contributed by atoms with Crippen LogP contribution in [0.3, 0.4) is 0 Å². The van der Waals surface area contributed by atoms with Crippen molar-refractivity contribution in [2.75, 3.05) is 19.6 Å². The van der Waals surface area contributed by atoms with Gasteiger partial charge in [-0.25, -0.2) is 4.68 Å². The summed E-state index contributed by atoms with van der Waals surface area (Å²) in [5.74, 6) is 1.52. The fourth-order valence-corrected chi connectivity index (χ4v) is 3.53. The van der Waals surface area contributed by atoms with Crippen molar-refractivity contribution < 1.29 is 4.42 Å². The highest BCUT2D eigenvalue weighted by atomic mass is 79.9. The second-order valence-corrected chi connectivity index (χ2v) is 6.33. The van der Waals surface area contributed by atoms with Gasteiger partial charge in [0.1, 0.15) is 12.0 Å². The molecule has 3 aliphatic heterocycles. The smallest absolute Gasteiger partial charge is 0.156 e. The molecule has 100 valence electrons. The number of rotatable bonds is 2. The lowest BCUT2D eigenvalue weighted by molar-refractivity contribution is 0.0504. The molecule has 19 heavy (non-hydrogen) atoms. The molecule has 0 saturated carbocycles. The normalized spacial score (nSPS) is 29.8. The van der Waals surface area contributed by atoms with Gasteiger partial charge in [-0.2, -0.15) is 0 Å². The number of furan rings is 1. The van der Waals surface area contributed by atoms with E-state index < -0.39 is 0 Å². The fraction of sp³-hybridized carbons (Fsp3) is 0.538. The first kappa shape index (κ1) is 11.7. The van der Waals surface area contributed by atoms with Gasteiger partial charge in [0.25, 0.3) is 0 Å². The zero-order valence-corrected chi connectivity index (χ0v) is 12.1. The van der Waals surface area contributed by atoms with Crippen LogP contribution in [0.2, 0.25) is 0 Å². The maximum atomic E-state index is 5.44. The highest BCUT2D eigenvalue weighted by molar-refractivity contribution is 9.10. The van der Waals surface area contributed by atoms with Gasteiger partial charge in [0, 0.05) is 12.6 Å². The molecule has 3 aliphatic rings. The largest absolute Gasteiger partial charge is 0.461 e. The van der Waals surface area contributed by atoms with Crippen molar-refractivity contribution in [3.8, 4) is 11.5 Å². The number of hydrogen-bond donors (Lipinski definition) is 0. The Morgan fingerprint density at radius 2 is 2.16 bits per heavy atom. The average molecular weight is 323 g/mol. The van der Waals surface area contributed by atoms with E-state index in [9.17, 15) is 0 Å². The van der Waals surface area contributed by atoms with Crippen LogP contribution in [0.4, 0.5) is 0 Å². The molecule has 0 spiro atoms. The van der Waals surface area contributed by atoms with Crippen LogP contribution in [0.25, 0.3) is 11.5 Å². The van der Waals surface area contributed by atoms with Gasteiger partial charge in [0.15, 0.2) is 5.76 Å². The minimum Gasteiger partial charge on any atom is -0.461 e. The fourth-order valence-electron chi connectivity index (χ4n) is 3.23. The van der Waals surface area contributed by atoms with Crippen molar-refractivity contribution in [2.45, 2.75) is 18.9 Å². The number of halogens is 1. The third-order valence-corrected chi connectivity index (χ3v) is 4.71. The number of piperidine rings is 3. The highest BCUT2D eigenvalue weighted by Gasteiger charge is 2.35. The zero-order valence-electron chi connectivity index (χ0n) is 10.5. The van der Waals surface area contributed by atoms with Crippen LogP contribution < -0.4 is 0 Å². The van der Waals surface area contributed by atoms with E-state index in [2.05, 4.69) is 31.1 Å². The van der Waals surface area contributed by atoms with Gasteiger partial charge >= 0.3 is 0 Å². The van der Waals surface area contributed by atoms with Gasteiger partial charge in [-0.05, 0) is 47.8 Å². The number of hydrogen-bond acceptors (Lipinski definition) is 4. The average Bonchev–Trinajstić information content (AvgIpc) is 3.08.